The van der Waals surface area contributed by atoms with Crippen molar-refractivity contribution in [3.05, 3.63) is 11.6 Å². The number of allylic oxidation sites excluding steroid dienone is 1. The largest absolute Gasteiger partial charge is 0.394 e. The molecule has 31 atom stereocenters. The topological polar surface area (TPSA) is 366 Å². The van der Waals surface area contributed by atoms with Gasteiger partial charge in [-0.1, -0.05) is 39.3 Å². The molecule has 14 N–H and O–H groups in total. The second-order valence-corrected chi connectivity index (χ2v) is 23.8. The lowest BCUT2D eigenvalue weighted by atomic mass is 9.47. The van der Waals surface area contributed by atoms with Crippen LogP contribution in [0.3, 0.4) is 0 Å². The van der Waals surface area contributed by atoms with Crippen molar-refractivity contribution in [3.63, 3.8) is 0 Å². The van der Waals surface area contributed by atoms with E-state index in [0.29, 0.717) is 43.4 Å². The molecule has 9 aliphatic rings. The van der Waals surface area contributed by atoms with E-state index in [4.69, 9.17) is 42.6 Å². The zero-order valence-electron chi connectivity index (χ0n) is 42.9. The number of hydrogen-bond acceptors (Lipinski definition) is 23. The van der Waals surface area contributed by atoms with Crippen molar-refractivity contribution in [2.24, 2.45) is 46.3 Å². The van der Waals surface area contributed by atoms with Gasteiger partial charge in [0.15, 0.2) is 30.9 Å². The standard InChI is InChI=1S/C51H84O23/c1-20(19-66-45-40(62)38(60)34(56)29(16-52)69-45)8-13-51(65)21(2)32-28(74-51)15-27-25-7-6-23-14-24(9-11-49(23,4)26(25)10-12-50(27,32)5)68-48-44(73-46-41(63)37(59)33(55)22(3)67-46)43(36(58)31(18-54)71-48)72-47-42(64)39(61)35(57)30(17-53)70-47/h6,20-22,24-48,52-65H,7-19H2,1-5H3/t20-,21+,22+,24+,25?,26+,27+,28+,29-,30-,31-,32+,33+,34-,35-,36-,37-,38+,39+,40-,41-,42-,43+,44-,45-,46+,47+,48-,49+,50+,51-/m1/s1. The van der Waals surface area contributed by atoms with Crippen molar-refractivity contribution in [1.82, 2.24) is 0 Å². The van der Waals surface area contributed by atoms with Gasteiger partial charge in [0.2, 0.25) is 0 Å². The maximum Gasteiger partial charge on any atom is 0.187 e. The number of aliphatic hydroxyl groups excluding tert-OH is 13. The Morgan fingerprint density at radius 3 is 1.85 bits per heavy atom. The van der Waals surface area contributed by atoms with Crippen LogP contribution in [-0.2, 0) is 42.6 Å². The summed E-state index contributed by atoms with van der Waals surface area (Å²) in [6.07, 6.45) is -22.5. The van der Waals surface area contributed by atoms with Gasteiger partial charge in [-0.2, -0.15) is 0 Å². The molecule has 0 bridgehead atoms. The quantitative estimate of drug-likeness (QED) is 0.0727. The van der Waals surface area contributed by atoms with E-state index in [1.54, 1.807) is 0 Å². The molecule has 4 aliphatic carbocycles. The third kappa shape index (κ3) is 10.2. The molecule has 0 amide bonds. The predicted molar refractivity (Wildman–Crippen MR) is 250 cm³/mol. The van der Waals surface area contributed by atoms with E-state index in [-0.39, 0.29) is 41.3 Å². The van der Waals surface area contributed by atoms with Gasteiger partial charge in [-0.15, -0.1) is 0 Å². The molecule has 23 heteroatoms. The van der Waals surface area contributed by atoms with Gasteiger partial charge < -0.3 is 114 Å². The minimum atomic E-state index is -1.88. The molecule has 0 aromatic carbocycles. The van der Waals surface area contributed by atoms with Crippen molar-refractivity contribution in [1.29, 1.82) is 0 Å². The van der Waals surface area contributed by atoms with E-state index in [9.17, 15) is 71.5 Å². The fourth-order valence-corrected chi connectivity index (χ4v) is 15.0. The molecule has 5 aliphatic heterocycles. The molecule has 5 heterocycles. The van der Waals surface area contributed by atoms with Gasteiger partial charge in [0.1, 0.15) is 91.6 Å². The Morgan fingerprint density at radius 1 is 0.635 bits per heavy atom. The van der Waals surface area contributed by atoms with Crippen LogP contribution in [0.5, 0.6) is 0 Å². The molecule has 8 fully saturated rings. The SMILES string of the molecule is C[C@H](CC[C@@]1(O)O[C@H]2C[C@H]3C4CC=C5C[C@@H](O[C@@H]6O[C@H](CO)[C@@H](O)[C@H](O[C@@H]7O[C@H](CO)[C@@H](O)[C@H](O)[C@H]7O)[C@H]6O[C@@H]6O[C@@H](C)[C@H](O)[C@@H](O)[C@H]6O)CC[C@]5(C)[C@H]4CC[C@]3(C)[C@H]2[C@@H]1C)CO[C@@H]1O[C@H](CO)[C@@H](O)[C@H](O)[C@H]1O. The Bertz CT molecular complexity index is 1920. The Balaban J connectivity index is 0.864. The highest BCUT2D eigenvalue weighted by Gasteiger charge is 2.68. The lowest BCUT2D eigenvalue weighted by molar-refractivity contribution is -0.394. The van der Waals surface area contributed by atoms with Gasteiger partial charge in [0.25, 0.3) is 0 Å². The van der Waals surface area contributed by atoms with Gasteiger partial charge in [-0.25, -0.2) is 0 Å². The third-order valence-corrected chi connectivity index (χ3v) is 19.5. The zero-order chi connectivity index (χ0) is 53.5. The highest BCUT2D eigenvalue weighted by molar-refractivity contribution is 5.26. The van der Waals surface area contributed by atoms with Gasteiger partial charge in [-0.05, 0) is 98.7 Å². The summed E-state index contributed by atoms with van der Waals surface area (Å²) in [5.41, 5.74) is 0.989. The Kier molecular flexibility index (Phi) is 17.4. The lowest BCUT2D eigenvalue weighted by Gasteiger charge is -2.58. The molecule has 23 nitrogen and oxygen atoms in total. The normalized spacial score (nSPS) is 54.9. The molecule has 5 saturated heterocycles. The summed E-state index contributed by atoms with van der Waals surface area (Å²) in [5.74, 6) is -0.351. The molecule has 9 rings (SSSR count). The van der Waals surface area contributed by atoms with Gasteiger partial charge in [0.05, 0.1) is 44.7 Å². The molecule has 0 aromatic rings. The molecule has 0 spiro atoms. The van der Waals surface area contributed by atoms with Crippen LogP contribution in [0.15, 0.2) is 11.6 Å². The van der Waals surface area contributed by atoms with Crippen molar-refractivity contribution < 1.29 is 114 Å². The lowest BCUT2D eigenvalue weighted by Crippen LogP contribution is -2.67. The summed E-state index contributed by atoms with van der Waals surface area (Å²) in [4.78, 5) is 0. The third-order valence-electron chi connectivity index (χ3n) is 19.5. The minimum absolute atomic E-state index is 0.0769. The van der Waals surface area contributed by atoms with E-state index in [0.717, 1.165) is 32.1 Å². The number of fused-ring (bicyclic) bond motifs is 7. The maximum absolute atomic E-state index is 12.1. The van der Waals surface area contributed by atoms with Crippen LogP contribution in [0.2, 0.25) is 0 Å². The second-order valence-electron chi connectivity index (χ2n) is 23.8. The highest BCUT2D eigenvalue weighted by Crippen LogP contribution is 2.70. The van der Waals surface area contributed by atoms with Crippen LogP contribution in [0.25, 0.3) is 0 Å². The monoisotopic (exact) mass is 1060 g/mol. The average Bonchev–Trinajstić information content (AvgIpc) is 3.82. The first-order valence-corrected chi connectivity index (χ1v) is 26.9. The molecule has 74 heavy (non-hydrogen) atoms. The Labute approximate surface area is 430 Å². The van der Waals surface area contributed by atoms with Crippen LogP contribution in [0.1, 0.15) is 92.4 Å². The van der Waals surface area contributed by atoms with Crippen molar-refractivity contribution in [2.75, 3.05) is 26.4 Å². The zero-order valence-corrected chi connectivity index (χ0v) is 42.9. The highest BCUT2D eigenvalue weighted by atomic mass is 16.8. The van der Waals surface area contributed by atoms with Crippen molar-refractivity contribution in [3.8, 4) is 0 Å². The van der Waals surface area contributed by atoms with Crippen LogP contribution in [0, 0.1) is 46.3 Å². The first-order chi connectivity index (χ1) is 35.0. The minimum Gasteiger partial charge on any atom is -0.394 e. The molecule has 3 saturated carbocycles. The predicted octanol–water partition coefficient (Wildman–Crippen LogP) is -3.01. The summed E-state index contributed by atoms with van der Waals surface area (Å²) >= 11 is 0. The number of rotatable bonds is 15. The molecule has 1 unspecified atom stereocenters. The molecule has 0 radical (unpaired) electrons. The van der Waals surface area contributed by atoms with Crippen molar-refractivity contribution >= 4 is 0 Å². The first-order valence-electron chi connectivity index (χ1n) is 26.9. The second kappa shape index (κ2) is 22.4. The van der Waals surface area contributed by atoms with E-state index < -0.39 is 155 Å². The molecule has 426 valence electrons. The van der Waals surface area contributed by atoms with E-state index >= 15 is 0 Å². The van der Waals surface area contributed by atoms with Gasteiger partial charge in [-0.3, -0.25) is 0 Å². The Hall–Kier alpha value is -1.18. The van der Waals surface area contributed by atoms with Crippen LogP contribution >= 0.6 is 0 Å². The summed E-state index contributed by atoms with van der Waals surface area (Å²) in [7, 11) is 0. The van der Waals surface area contributed by atoms with E-state index in [1.807, 2.05) is 6.92 Å². The van der Waals surface area contributed by atoms with Crippen LogP contribution in [-0.4, -0.2) is 239 Å². The fourth-order valence-electron chi connectivity index (χ4n) is 15.0. The number of hydrogen-bond donors (Lipinski definition) is 14. The smallest absolute Gasteiger partial charge is 0.187 e. The molecular formula is C51H84O23. The number of aliphatic hydroxyl groups is 14. The van der Waals surface area contributed by atoms with E-state index in [1.165, 1.54) is 12.5 Å². The summed E-state index contributed by atoms with van der Waals surface area (Å²) < 4.78 is 54.7. The van der Waals surface area contributed by atoms with Crippen molar-refractivity contribution in [2.45, 2.75) is 233 Å². The number of ether oxygens (including phenoxy) is 9. The summed E-state index contributed by atoms with van der Waals surface area (Å²) in [6, 6.07) is 0. The van der Waals surface area contributed by atoms with Gasteiger partial charge >= 0.3 is 0 Å². The maximum atomic E-state index is 12.1. The van der Waals surface area contributed by atoms with E-state index in [2.05, 4.69) is 26.8 Å². The van der Waals surface area contributed by atoms with Gasteiger partial charge in [0, 0.05) is 12.3 Å². The average molecular weight is 1070 g/mol. The molecule has 0 aromatic heterocycles. The van der Waals surface area contributed by atoms with Crippen LogP contribution in [0.4, 0.5) is 0 Å². The molecular weight excluding hydrogens is 981 g/mol. The fraction of sp³-hybridized carbons (Fsp3) is 0.961. The first kappa shape index (κ1) is 57.5. The van der Waals surface area contributed by atoms with Crippen LogP contribution < -0.4 is 0 Å². The Morgan fingerprint density at radius 2 is 1.20 bits per heavy atom. The summed E-state index contributed by atoms with van der Waals surface area (Å²) in [6.45, 7) is 8.33. The summed E-state index contributed by atoms with van der Waals surface area (Å²) in [5, 5.41) is 149.